The van der Waals surface area contributed by atoms with Crippen LogP contribution in [-0.2, 0) is 14.3 Å². The lowest BCUT2D eigenvalue weighted by molar-refractivity contribution is -0.156. The van der Waals surface area contributed by atoms with Gasteiger partial charge in [0.15, 0.2) is 5.78 Å². The molecule has 0 bridgehead atoms. The predicted molar refractivity (Wildman–Crippen MR) is 107 cm³/mol. The van der Waals surface area contributed by atoms with E-state index in [4.69, 9.17) is 4.74 Å². The Hall–Kier alpha value is -1.16. The van der Waals surface area contributed by atoms with Crippen LogP contribution in [0.25, 0.3) is 0 Å². The Morgan fingerprint density at radius 1 is 1.14 bits per heavy atom. The SMILES string of the molecule is CC(C)(C)C(=O)OCC[C@]12CCC3C4CCC(=O)C=C4CCC3C1CC[C@@H]2O. The predicted octanol–water partition coefficient (Wildman–Crippen LogP) is 4.45. The molecule has 1 N–H and O–H groups in total. The molecule has 0 aromatic rings. The van der Waals surface area contributed by atoms with E-state index in [1.54, 1.807) is 0 Å². The molecule has 0 amide bonds. The molecule has 4 heteroatoms. The van der Waals surface area contributed by atoms with Crippen molar-refractivity contribution in [2.45, 2.75) is 84.7 Å². The monoisotopic (exact) mass is 388 g/mol. The van der Waals surface area contributed by atoms with Gasteiger partial charge < -0.3 is 9.84 Å². The number of hydrogen-bond donors (Lipinski definition) is 1. The number of aliphatic hydroxyl groups excluding tert-OH is 1. The van der Waals surface area contributed by atoms with Crippen molar-refractivity contribution < 1.29 is 19.4 Å². The third-order valence-electron chi connectivity index (χ3n) is 8.38. The van der Waals surface area contributed by atoms with Crippen LogP contribution in [0.2, 0.25) is 0 Å². The Bertz CT molecular complexity index is 673. The Labute approximate surface area is 169 Å². The molecule has 4 rings (SSSR count). The first kappa shape index (κ1) is 20.1. The van der Waals surface area contributed by atoms with Crippen molar-refractivity contribution in [2.24, 2.45) is 34.5 Å². The van der Waals surface area contributed by atoms with E-state index in [0.717, 1.165) is 51.4 Å². The highest BCUT2D eigenvalue weighted by Gasteiger charge is 2.58. The van der Waals surface area contributed by atoms with Crippen LogP contribution in [0.15, 0.2) is 11.6 Å². The van der Waals surface area contributed by atoms with E-state index in [-0.39, 0.29) is 17.5 Å². The standard InChI is InChI=1S/C24H36O4/c1-23(2,3)22(27)28-13-12-24-11-10-18-17-7-5-16(25)14-15(17)4-6-19(18)20(24)8-9-21(24)26/h14,17-21,26H,4-13H2,1-3H3/t17?,18?,19?,20?,21-,24+/m0/s1. The number of carbonyl (C=O) groups excluding carboxylic acids is 2. The molecule has 4 nitrogen and oxygen atoms in total. The molecule has 156 valence electrons. The van der Waals surface area contributed by atoms with Crippen LogP contribution in [0, 0.1) is 34.5 Å². The third-order valence-corrected chi connectivity index (χ3v) is 8.38. The van der Waals surface area contributed by atoms with Gasteiger partial charge in [-0.2, -0.15) is 0 Å². The summed E-state index contributed by atoms with van der Waals surface area (Å²) in [5, 5.41) is 11.0. The Balaban J connectivity index is 1.48. The van der Waals surface area contributed by atoms with Gasteiger partial charge in [-0.1, -0.05) is 5.57 Å². The Kier molecular flexibility index (Phi) is 5.22. The van der Waals surface area contributed by atoms with E-state index in [0.29, 0.717) is 42.5 Å². The van der Waals surface area contributed by atoms with Crippen molar-refractivity contribution in [3.05, 3.63) is 11.6 Å². The van der Waals surface area contributed by atoms with Gasteiger partial charge in [0.1, 0.15) is 0 Å². The molecule has 3 saturated carbocycles. The minimum Gasteiger partial charge on any atom is -0.465 e. The summed E-state index contributed by atoms with van der Waals surface area (Å²) in [4.78, 5) is 24.0. The lowest BCUT2D eigenvalue weighted by atomic mass is 9.51. The fourth-order valence-corrected chi connectivity index (χ4v) is 6.99. The first-order chi connectivity index (χ1) is 13.2. The van der Waals surface area contributed by atoms with Gasteiger partial charge in [0.2, 0.25) is 0 Å². The number of allylic oxidation sites excluding steroid dienone is 1. The van der Waals surface area contributed by atoms with Crippen molar-refractivity contribution in [1.29, 1.82) is 0 Å². The van der Waals surface area contributed by atoms with Gasteiger partial charge in [-0.05, 0) is 102 Å². The minimum atomic E-state index is -0.479. The molecule has 3 fully saturated rings. The average molecular weight is 389 g/mol. The zero-order valence-corrected chi connectivity index (χ0v) is 17.7. The van der Waals surface area contributed by atoms with Crippen LogP contribution in [-0.4, -0.2) is 29.6 Å². The fourth-order valence-electron chi connectivity index (χ4n) is 6.99. The smallest absolute Gasteiger partial charge is 0.311 e. The molecule has 0 aliphatic heterocycles. The topological polar surface area (TPSA) is 63.6 Å². The number of hydrogen-bond acceptors (Lipinski definition) is 4. The van der Waals surface area contributed by atoms with Crippen LogP contribution >= 0.6 is 0 Å². The first-order valence-corrected chi connectivity index (χ1v) is 11.3. The molecule has 0 aromatic heterocycles. The second-order valence-corrected chi connectivity index (χ2v) is 10.8. The normalized spacial score (nSPS) is 40.2. The highest BCUT2D eigenvalue weighted by atomic mass is 16.5. The summed E-state index contributed by atoms with van der Waals surface area (Å²) in [6.07, 6.45) is 10.6. The molecule has 28 heavy (non-hydrogen) atoms. The summed E-state index contributed by atoms with van der Waals surface area (Å²) < 4.78 is 5.60. The van der Waals surface area contributed by atoms with Crippen LogP contribution in [0.5, 0.6) is 0 Å². The molecule has 4 aliphatic rings. The highest BCUT2D eigenvalue weighted by molar-refractivity contribution is 5.91. The molecular weight excluding hydrogens is 352 g/mol. The van der Waals surface area contributed by atoms with Crippen LogP contribution in [0.3, 0.4) is 0 Å². The van der Waals surface area contributed by atoms with Gasteiger partial charge in [-0.3, -0.25) is 9.59 Å². The molecular formula is C24H36O4. The van der Waals surface area contributed by atoms with Crippen molar-refractivity contribution in [3.63, 3.8) is 0 Å². The number of fused-ring (bicyclic) bond motifs is 5. The van der Waals surface area contributed by atoms with Crippen LogP contribution in [0.4, 0.5) is 0 Å². The molecule has 0 radical (unpaired) electrons. The molecule has 0 saturated heterocycles. The summed E-state index contributed by atoms with van der Waals surface area (Å²) in [6.45, 7) is 6.07. The summed E-state index contributed by atoms with van der Waals surface area (Å²) in [5.74, 6) is 2.61. The lowest BCUT2D eigenvalue weighted by Crippen LogP contribution is -2.49. The Morgan fingerprint density at radius 2 is 1.93 bits per heavy atom. The molecule has 0 aromatic carbocycles. The quantitative estimate of drug-likeness (QED) is 0.726. The molecule has 6 atom stereocenters. The van der Waals surface area contributed by atoms with Crippen LogP contribution < -0.4 is 0 Å². The third kappa shape index (κ3) is 3.36. The fraction of sp³-hybridized carbons (Fsp3) is 0.833. The zero-order chi connectivity index (χ0) is 20.1. The summed E-state index contributed by atoms with van der Waals surface area (Å²) in [6, 6.07) is 0. The second-order valence-electron chi connectivity index (χ2n) is 10.8. The van der Waals surface area contributed by atoms with Gasteiger partial charge in [0, 0.05) is 11.8 Å². The number of ketones is 1. The van der Waals surface area contributed by atoms with Gasteiger partial charge in [-0.15, -0.1) is 0 Å². The van der Waals surface area contributed by atoms with Gasteiger partial charge >= 0.3 is 5.97 Å². The van der Waals surface area contributed by atoms with Gasteiger partial charge in [0.25, 0.3) is 0 Å². The van der Waals surface area contributed by atoms with Gasteiger partial charge in [-0.25, -0.2) is 0 Å². The maximum absolute atomic E-state index is 12.2. The Morgan fingerprint density at radius 3 is 2.68 bits per heavy atom. The van der Waals surface area contributed by atoms with Crippen molar-refractivity contribution in [2.75, 3.05) is 6.61 Å². The van der Waals surface area contributed by atoms with Crippen molar-refractivity contribution in [1.82, 2.24) is 0 Å². The van der Waals surface area contributed by atoms with Crippen LogP contribution in [0.1, 0.15) is 78.6 Å². The largest absolute Gasteiger partial charge is 0.465 e. The number of carbonyl (C=O) groups is 2. The first-order valence-electron chi connectivity index (χ1n) is 11.3. The highest BCUT2D eigenvalue weighted by Crippen LogP contribution is 2.63. The molecule has 4 aliphatic carbocycles. The lowest BCUT2D eigenvalue weighted by Gasteiger charge is -2.54. The zero-order valence-electron chi connectivity index (χ0n) is 17.7. The number of rotatable bonds is 3. The van der Waals surface area contributed by atoms with E-state index in [1.165, 1.54) is 5.57 Å². The number of esters is 1. The summed E-state index contributed by atoms with van der Waals surface area (Å²) in [7, 11) is 0. The molecule has 0 spiro atoms. The summed E-state index contributed by atoms with van der Waals surface area (Å²) >= 11 is 0. The maximum Gasteiger partial charge on any atom is 0.311 e. The van der Waals surface area contributed by atoms with Crippen molar-refractivity contribution in [3.8, 4) is 0 Å². The summed E-state index contributed by atoms with van der Waals surface area (Å²) in [5.41, 5.74) is 0.848. The van der Waals surface area contributed by atoms with E-state index < -0.39 is 5.41 Å². The van der Waals surface area contributed by atoms with E-state index in [2.05, 4.69) is 0 Å². The van der Waals surface area contributed by atoms with Crippen molar-refractivity contribution >= 4 is 11.8 Å². The number of ether oxygens (including phenoxy) is 1. The van der Waals surface area contributed by atoms with E-state index in [9.17, 15) is 14.7 Å². The second kappa shape index (κ2) is 7.27. The van der Waals surface area contributed by atoms with E-state index >= 15 is 0 Å². The number of aliphatic hydroxyl groups is 1. The maximum atomic E-state index is 12.2. The molecule has 0 heterocycles. The molecule has 4 unspecified atom stereocenters. The average Bonchev–Trinajstić information content (AvgIpc) is 2.97. The minimum absolute atomic E-state index is 0.0783. The van der Waals surface area contributed by atoms with Gasteiger partial charge in [0.05, 0.1) is 18.1 Å². The van der Waals surface area contributed by atoms with E-state index in [1.807, 2.05) is 26.8 Å².